The van der Waals surface area contributed by atoms with Crippen molar-refractivity contribution in [2.45, 2.75) is 52.5 Å². The average Bonchev–Trinajstić information content (AvgIpc) is 2.88. The molecule has 1 heterocycles. The third-order valence-corrected chi connectivity index (χ3v) is 4.57. The van der Waals surface area contributed by atoms with Gasteiger partial charge in [0, 0.05) is 0 Å². The van der Waals surface area contributed by atoms with Crippen molar-refractivity contribution in [3.05, 3.63) is 24.2 Å². The normalized spacial score (nSPS) is 30.3. The van der Waals surface area contributed by atoms with Crippen LogP contribution < -0.4 is 5.32 Å². The summed E-state index contributed by atoms with van der Waals surface area (Å²) >= 11 is 0. The molecule has 2 rings (SSSR count). The molecule has 1 fully saturated rings. The molecule has 0 bridgehead atoms. The van der Waals surface area contributed by atoms with Crippen LogP contribution in [0.1, 0.15) is 58.3 Å². The third kappa shape index (κ3) is 3.17. The van der Waals surface area contributed by atoms with Crippen molar-refractivity contribution in [2.75, 3.05) is 6.54 Å². The Morgan fingerprint density at radius 3 is 2.78 bits per heavy atom. The van der Waals surface area contributed by atoms with Crippen LogP contribution in [0.15, 0.2) is 22.8 Å². The summed E-state index contributed by atoms with van der Waals surface area (Å²) in [5, 5.41) is 3.68. The van der Waals surface area contributed by atoms with E-state index in [-0.39, 0.29) is 0 Å². The van der Waals surface area contributed by atoms with Gasteiger partial charge >= 0.3 is 0 Å². The Hall–Kier alpha value is -0.760. The minimum atomic E-state index is 0.412. The van der Waals surface area contributed by atoms with Crippen molar-refractivity contribution in [1.82, 2.24) is 5.32 Å². The van der Waals surface area contributed by atoms with Gasteiger partial charge in [0.15, 0.2) is 0 Å². The Bertz CT molecular complexity index is 333. The number of nitrogens with one attached hydrogen (secondary N) is 1. The predicted octanol–water partition coefficient (Wildman–Crippen LogP) is 4.39. The van der Waals surface area contributed by atoms with Crippen LogP contribution in [0.3, 0.4) is 0 Å². The minimum Gasteiger partial charge on any atom is -0.468 e. The zero-order valence-electron chi connectivity index (χ0n) is 12.0. The maximum Gasteiger partial charge on any atom is 0.120 e. The molecule has 0 radical (unpaired) electrons. The van der Waals surface area contributed by atoms with E-state index in [1.54, 1.807) is 6.26 Å². The number of hydrogen-bond donors (Lipinski definition) is 1. The smallest absolute Gasteiger partial charge is 0.120 e. The van der Waals surface area contributed by atoms with E-state index in [2.05, 4.69) is 32.2 Å². The van der Waals surface area contributed by atoms with E-state index in [1.807, 2.05) is 6.07 Å². The number of furan rings is 1. The van der Waals surface area contributed by atoms with Crippen molar-refractivity contribution in [2.24, 2.45) is 17.8 Å². The van der Waals surface area contributed by atoms with Gasteiger partial charge in [-0.1, -0.05) is 27.2 Å². The molecule has 1 aromatic heterocycles. The molecule has 2 heteroatoms. The molecular formula is C16H27NO. The van der Waals surface area contributed by atoms with E-state index >= 15 is 0 Å². The summed E-state index contributed by atoms with van der Waals surface area (Å²) < 4.78 is 5.65. The highest BCUT2D eigenvalue weighted by Gasteiger charge is 2.31. The summed E-state index contributed by atoms with van der Waals surface area (Å²) in [4.78, 5) is 0. The Balaban J connectivity index is 2.04. The molecule has 0 saturated heterocycles. The highest BCUT2D eigenvalue weighted by Crippen LogP contribution is 2.39. The molecule has 1 N–H and O–H groups in total. The first-order chi connectivity index (χ1) is 8.72. The fourth-order valence-corrected chi connectivity index (χ4v) is 3.16. The number of hydrogen-bond acceptors (Lipinski definition) is 2. The molecule has 18 heavy (non-hydrogen) atoms. The Labute approximate surface area is 111 Å². The first-order valence-electron chi connectivity index (χ1n) is 7.49. The van der Waals surface area contributed by atoms with Crippen molar-refractivity contribution in [3.8, 4) is 0 Å². The Morgan fingerprint density at radius 1 is 1.33 bits per heavy atom. The maximum atomic E-state index is 5.65. The first kappa shape index (κ1) is 13.7. The molecule has 102 valence electrons. The molecule has 0 amide bonds. The Kier molecular flexibility index (Phi) is 4.87. The molecule has 1 aliphatic rings. The highest BCUT2D eigenvalue weighted by molar-refractivity contribution is 5.06. The molecule has 2 nitrogen and oxygen atoms in total. The van der Waals surface area contributed by atoms with E-state index in [9.17, 15) is 0 Å². The second-order valence-electron chi connectivity index (χ2n) is 5.97. The monoisotopic (exact) mass is 249 g/mol. The van der Waals surface area contributed by atoms with Gasteiger partial charge < -0.3 is 9.73 Å². The lowest BCUT2D eigenvalue weighted by molar-refractivity contribution is 0.160. The van der Waals surface area contributed by atoms with E-state index in [0.29, 0.717) is 6.04 Å². The van der Waals surface area contributed by atoms with Crippen molar-refractivity contribution < 1.29 is 4.42 Å². The average molecular weight is 249 g/mol. The third-order valence-electron chi connectivity index (χ3n) is 4.57. The molecule has 4 unspecified atom stereocenters. The molecule has 0 spiro atoms. The summed E-state index contributed by atoms with van der Waals surface area (Å²) in [6.45, 7) is 8.08. The van der Waals surface area contributed by atoms with E-state index in [1.165, 1.54) is 25.7 Å². The first-order valence-corrected chi connectivity index (χ1v) is 7.49. The van der Waals surface area contributed by atoms with Gasteiger partial charge in [0.1, 0.15) is 5.76 Å². The molecular weight excluding hydrogens is 222 g/mol. The van der Waals surface area contributed by atoms with Crippen LogP contribution in [0.2, 0.25) is 0 Å². The van der Waals surface area contributed by atoms with Gasteiger partial charge in [-0.25, -0.2) is 0 Å². The van der Waals surface area contributed by atoms with Crippen LogP contribution in [-0.2, 0) is 0 Å². The molecule has 1 saturated carbocycles. The van der Waals surface area contributed by atoms with Crippen LogP contribution in [0.25, 0.3) is 0 Å². The van der Waals surface area contributed by atoms with Crippen LogP contribution in [0.5, 0.6) is 0 Å². The lowest BCUT2D eigenvalue weighted by Gasteiger charge is -2.36. The van der Waals surface area contributed by atoms with Crippen LogP contribution in [-0.4, -0.2) is 6.54 Å². The predicted molar refractivity (Wildman–Crippen MR) is 75.4 cm³/mol. The summed E-state index contributed by atoms with van der Waals surface area (Å²) in [6.07, 6.45) is 6.98. The fourth-order valence-electron chi connectivity index (χ4n) is 3.16. The second kappa shape index (κ2) is 6.42. The standard InChI is InChI=1S/C16H27NO/c1-4-9-17-16(15-6-5-10-18-15)14-8-7-12(2)13(3)11-14/h5-6,10,12-14,16-17H,4,7-9,11H2,1-3H3. The summed E-state index contributed by atoms with van der Waals surface area (Å²) in [5.74, 6) is 3.57. The second-order valence-corrected chi connectivity index (χ2v) is 5.97. The maximum absolute atomic E-state index is 5.65. The molecule has 4 atom stereocenters. The molecule has 0 aromatic carbocycles. The van der Waals surface area contributed by atoms with Crippen molar-refractivity contribution in [3.63, 3.8) is 0 Å². The Morgan fingerprint density at radius 2 is 2.17 bits per heavy atom. The topological polar surface area (TPSA) is 25.2 Å². The largest absolute Gasteiger partial charge is 0.468 e. The lowest BCUT2D eigenvalue weighted by Crippen LogP contribution is -2.33. The highest BCUT2D eigenvalue weighted by atomic mass is 16.3. The van der Waals surface area contributed by atoms with Gasteiger partial charge in [-0.15, -0.1) is 0 Å². The lowest BCUT2D eigenvalue weighted by atomic mass is 9.73. The van der Waals surface area contributed by atoms with E-state index < -0.39 is 0 Å². The zero-order valence-corrected chi connectivity index (χ0v) is 12.0. The van der Waals surface area contributed by atoms with Gasteiger partial charge in [0.25, 0.3) is 0 Å². The molecule has 0 aliphatic heterocycles. The minimum absolute atomic E-state index is 0.412. The SMILES string of the molecule is CCCNC(c1ccco1)C1CCC(C)C(C)C1. The van der Waals surface area contributed by atoms with Crippen LogP contribution >= 0.6 is 0 Å². The van der Waals surface area contributed by atoms with Gasteiger partial charge in [-0.05, 0) is 55.7 Å². The van der Waals surface area contributed by atoms with Gasteiger partial charge in [-0.3, -0.25) is 0 Å². The van der Waals surface area contributed by atoms with Crippen molar-refractivity contribution in [1.29, 1.82) is 0 Å². The van der Waals surface area contributed by atoms with E-state index in [0.717, 1.165) is 30.1 Å². The molecule has 1 aliphatic carbocycles. The fraction of sp³-hybridized carbons (Fsp3) is 0.750. The summed E-state index contributed by atoms with van der Waals surface area (Å²) in [5.41, 5.74) is 0. The van der Waals surface area contributed by atoms with Gasteiger partial charge in [0.2, 0.25) is 0 Å². The zero-order chi connectivity index (χ0) is 13.0. The molecule has 1 aromatic rings. The van der Waals surface area contributed by atoms with Gasteiger partial charge in [0.05, 0.1) is 12.3 Å². The van der Waals surface area contributed by atoms with Crippen molar-refractivity contribution >= 4 is 0 Å². The summed E-state index contributed by atoms with van der Waals surface area (Å²) in [7, 11) is 0. The summed E-state index contributed by atoms with van der Waals surface area (Å²) in [6, 6.07) is 4.54. The van der Waals surface area contributed by atoms with Crippen LogP contribution in [0, 0.1) is 17.8 Å². The van der Waals surface area contributed by atoms with Crippen LogP contribution in [0.4, 0.5) is 0 Å². The quantitative estimate of drug-likeness (QED) is 0.837. The van der Waals surface area contributed by atoms with Gasteiger partial charge in [-0.2, -0.15) is 0 Å². The van der Waals surface area contributed by atoms with E-state index in [4.69, 9.17) is 4.42 Å². The number of rotatable bonds is 5.